The van der Waals surface area contributed by atoms with E-state index in [2.05, 4.69) is 0 Å². The molecule has 3 heterocycles. The van der Waals surface area contributed by atoms with E-state index in [0.717, 1.165) is 0 Å². The van der Waals surface area contributed by atoms with Gasteiger partial charge in [0.15, 0.2) is 0 Å². The Morgan fingerprint density at radius 1 is 1.14 bits per heavy atom. The molecule has 0 N–H and O–H groups in total. The molecular formula is C20H25N3O4S. The van der Waals surface area contributed by atoms with Crippen molar-refractivity contribution in [2.75, 3.05) is 19.6 Å². The van der Waals surface area contributed by atoms with Crippen molar-refractivity contribution in [3.63, 3.8) is 0 Å². The fraction of sp³-hybridized carbons (Fsp3) is 0.450. The van der Waals surface area contributed by atoms with Gasteiger partial charge in [0.05, 0.1) is 6.04 Å². The number of aromatic nitrogens is 1. The van der Waals surface area contributed by atoms with Crippen molar-refractivity contribution in [1.29, 1.82) is 0 Å². The molecule has 7 nitrogen and oxygen atoms in total. The minimum atomic E-state index is -3.64. The fourth-order valence-corrected chi connectivity index (χ4v) is 6.02. The van der Waals surface area contributed by atoms with E-state index < -0.39 is 10.0 Å². The molecule has 2 aliphatic heterocycles. The number of benzene rings is 1. The number of aryl methyl sites for hydroxylation is 1. The Morgan fingerprint density at radius 2 is 1.89 bits per heavy atom. The van der Waals surface area contributed by atoms with E-state index in [-0.39, 0.29) is 22.9 Å². The molecule has 150 valence electrons. The summed E-state index contributed by atoms with van der Waals surface area (Å²) in [5.41, 5.74) is 0.633. The predicted octanol–water partition coefficient (Wildman–Crippen LogP) is 2.10. The molecule has 0 aliphatic carbocycles. The van der Waals surface area contributed by atoms with Crippen molar-refractivity contribution in [1.82, 2.24) is 13.8 Å². The van der Waals surface area contributed by atoms with Gasteiger partial charge in [0, 0.05) is 39.3 Å². The van der Waals surface area contributed by atoms with Gasteiger partial charge in [-0.2, -0.15) is 4.31 Å². The van der Waals surface area contributed by atoms with Crippen LogP contribution < -0.4 is 4.74 Å². The van der Waals surface area contributed by atoms with Crippen molar-refractivity contribution < 1.29 is 17.9 Å². The number of likely N-dealkylation sites (N-methyl/N-ethyl adjacent to an activating group) is 1. The zero-order valence-corrected chi connectivity index (χ0v) is 16.9. The lowest BCUT2D eigenvalue weighted by Crippen LogP contribution is -2.47. The second-order valence-electron chi connectivity index (χ2n) is 7.25. The van der Waals surface area contributed by atoms with E-state index in [1.807, 2.05) is 26.2 Å². The maximum absolute atomic E-state index is 13.2. The molecule has 2 aliphatic rings. The Bertz CT molecular complexity index is 985. The maximum atomic E-state index is 13.2. The largest absolute Gasteiger partial charge is 0.487 e. The van der Waals surface area contributed by atoms with E-state index >= 15 is 0 Å². The van der Waals surface area contributed by atoms with Gasteiger partial charge < -0.3 is 14.2 Å². The Morgan fingerprint density at radius 3 is 2.61 bits per heavy atom. The van der Waals surface area contributed by atoms with Gasteiger partial charge in [-0.05, 0) is 30.7 Å². The topological polar surface area (TPSA) is 71.8 Å². The van der Waals surface area contributed by atoms with Crippen LogP contribution in [0.15, 0.2) is 47.5 Å². The van der Waals surface area contributed by atoms with Crippen LogP contribution in [0.2, 0.25) is 0 Å². The summed E-state index contributed by atoms with van der Waals surface area (Å²) in [5, 5.41) is 0. The average Bonchev–Trinajstić information content (AvgIpc) is 2.96. The average molecular weight is 404 g/mol. The Kier molecular flexibility index (Phi) is 4.93. The van der Waals surface area contributed by atoms with Crippen LogP contribution in [0.25, 0.3) is 0 Å². The summed E-state index contributed by atoms with van der Waals surface area (Å²) in [7, 11) is -1.80. The summed E-state index contributed by atoms with van der Waals surface area (Å²) in [6.45, 7) is 3.25. The van der Waals surface area contributed by atoms with Gasteiger partial charge in [0.25, 0.3) is 5.91 Å². The molecule has 0 radical (unpaired) electrons. The summed E-state index contributed by atoms with van der Waals surface area (Å²) < 4.78 is 36.0. The number of amides is 1. The van der Waals surface area contributed by atoms with E-state index in [0.29, 0.717) is 43.9 Å². The van der Waals surface area contributed by atoms with Gasteiger partial charge in [0.2, 0.25) is 10.0 Å². The smallest absolute Gasteiger partial charge is 0.270 e. The number of hydrogen-bond acceptors (Lipinski definition) is 4. The number of nitrogens with zero attached hydrogens (tertiary/aromatic N) is 3. The maximum Gasteiger partial charge on any atom is 0.270 e. The minimum Gasteiger partial charge on any atom is -0.487 e. The van der Waals surface area contributed by atoms with E-state index in [9.17, 15) is 13.2 Å². The molecule has 1 amide bonds. The van der Waals surface area contributed by atoms with Crippen LogP contribution in [0.1, 0.15) is 30.3 Å². The third-order valence-electron chi connectivity index (χ3n) is 5.65. The Hall–Kier alpha value is -2.32. The lowest BCUT2D eigenvalue weighted by atomic mass is 10.1. The Labute approximate surface area is 165 Å². The van der Waals surface area contributed by atoms with Crippen LogP contribution in [-0.4, -0.2) is 59.9 Å². The number of sulfonamides is 1. The number of fused-ring (bicyclic) bond motifs is 2. The Balaban J connectivity index is 1.65. The standard InChI is InChI=1S/C20H25N3O4S/c1-3-23-15-10-13-22(20(24)16-7-6-12-21(16)2)14-11-17(15)27-18-8-4-5-9-19(18)28(23,25)26/h4-9,12,15,17H,3,10-11,13-14H2,1-2H3/t15-,17-/m0/s1. The van der Waals surface area contributed by atoms with Gasteiger partial charge in [-0.1, -0.05) is 19.1 Å². The second kappa shape index (κ2) is 7.25. The third-order valence-corrected chi connectivity index (χ3v) is 7.69. The van der Waals surface area contributed by atoms with Crippen molar-refractivity contribution in [3.05, 3.63) is 48.3 Å². The molecule has 0 unspecified atom stereocenters. The lowest BCUT2D eigenvalue weighted by molar-refractivity contribution is 0.0745. The highest BCUT2D eigenvalue weighted by Crippen LogP contribution is 2.36. The summed E-state index contributed by atoms with van der Waals surface area (Å²) in [4.78, 5) is 14.9. The molecule has 0 saturated carbocycles. The number of carbonyl (C=O) groups excluding carboxylic acids is 1. The van der Waals surface area contributed by atoms with Gasteiger partial charge in [-0.3, -0.25) is 4.79 Å². The number of ether oxygens (including phenoxy) is 1. The minimum absolute atomic E-state index is 0.0322. The highest BCUT2D eigenvalue weighted by atomic mass is 32.2. The van der Waals surface area contributed by atoms with Crippen molar-refractivity contribution in [2.24, 2.45) is 7.05 Å². The molecule has 1 aromatic carbocycles. The van der Waals surface area contributed by atoms with E-state index in [4.69, 9.17) is 4.74 Å². The molecule has 0 spiro atoms. The SMILES string of the molecule is CCN1[C@H]2CCN(C(=O)c3cccn3C)CC[C@@H]2Oc2ccccc2S1(=O)=O. The zero-order chi connectivity index (χ0) is 19.9. The summed E-state index contributed by atoms with van der Waals surface area (Å²) in [6.07, 6.45) is 2.69. The third kappa shape index (κ3) is 3.10. The van der Waals surface area contributed by atoms with Crippen LogP contribution in [0.3, 0.4) is 0 Å². The number of rotatable bonds is 2. The molecule has 0 bridgehead atoms. The van der Waals surface area contributed by atoms with E-state index in [1.54, 1.807) is 44.1 Å². The lowest BCUT2D eigenvalue weighted by Gasteiger charge is -2.30. The molecule has 2 aromatic rings. The van der Waals surface area contributed by atoms with Crippen molar-refractivity contribution >= 4 is 15.9 Å². The number of hydrogen-bond donors (Lipinski definition) is 0. The second-order valence-corrected chi connectivity index (χ2v) is 9.11. The first-order chi connectivity index (χ1) is 13.4. The van der Waals surface area contributed by atoms with Gasteiger partial charge >= 0.3 is 0 Å². The first kappa shape index (κ1) is 19.0. The van der Waals surface area contributed by atoms with Crippen molar-refractivity contribution in [3.8, 4) is 5.75 Å². The molecular weight excluding hydrogens is 378 g/mol. The molecule has 1 saturated heterocycles. The highest BCUT2D eigenvalue weighted by Gasteiger charge is 2.43. The summed E-state index contributed by atoms with van der Waals surface area (Å²) in [5.74, 6) is 0.367. The summed E-state index contributed by atoms with van der Waals surface area (Å²) >= 11 is 0. The van der Waals surface area contributed by atoms with Gasteiger partial charge in [0.1, 0.15) is 22.4 Å². The molecule has 1 fully saturated rings. The number of carbonyl (C=O) groups is 1. The summed E-state index contributed by atoms with van der Waals surface area (Å²) in [6, 6.07) is 10.2. The molecule has 8 heteroatoms. The van der Waals surface area contributed by atoms with Crippen LogP contribution in [0.4, 0.5) is 0 Å². The predicted molar refractivity (Wildman–Crippen MR) is 105 cm³/mol. The monoisotopic (exact) mass is 403 g/mol. The van der Waals surface area contributed by atoms with Crippen LogP contribution in [0.5, 0.6) is 5.75 Å². The van der Waals surface area contributed by atoms with E-state index in [1.165, 1.54) is 0 Å². The van der Waals surface area contributed by atoms with Crippen LogP contribution in [0, 0.1) is 0 Å². The van der Waals surface area contributed by atoms with Gasteiger partial charge in [-0.15, -0.1) is 0 Å². The highest BCUT2D eigenvalue weighted by molar-refractivity contribution is 7.89. The molecule has 2 atom stereocenters. The first-order valence-electron chi connectivity index (χ1n) is 9.61. The number of para-hydroxylation sites is 1. The quantitative estimate of drug-likeness (QED) is 0.770. The molecule has 28 heavy (non-hydrogen) atoms. The molecule has 1 aromatic heterocycles. The van der Waals surface area contributed by atoms with Gasteiger partial charge in [-0.25, -0.2) is 8.42 Å². The van der Waals surface area contributed by atoms with Crippen LogP contribution >= 0.6 is 0 Å². The first-order valence-corrected chi connectivity index (χ1v) is 11.1. The van der Waals surface area contributed by atoms with Crippen LogP contribution in [-0.2, 0) is 17.1 Å². The normalized spacial score (nSPS) is 24.4. The fourth-order valence-electron chi connectivity index (χ4n) is 4.21. The number of likely N-dealkylation sites (tertiary alicyclic amines) is 1. The van der Waals surface area contributed by atoms with Crippen molar-refractivity contribution in [2.45, 2.75) is 36.8 Å². The zero-order valence-electron chi connectivity index (χ0n) is 16.1. The molecule has 4 rings (SSSR count).